The Morgan fingerprint density at radius 3 is 1.90 bits per heavy atom. The summed E-state index contributed by atoms with van der Waals surface area (Å²) in [5.41, 5.74) is -2.50. The zero-order chi connectivity index (χ0) is 23.8. The quantitative estimate of drug-likeness (QED) is 0.360. The Hall–Kier alpha value is -2.73. The van der Waals surface area contributed by atoms with E-state index in [9.17, 15) is 33.2 Å². The Balaban J connectivity index is 2.72. The van der Waals surface area contributed by atoms with Gasteiger partial charge in [0.1, 0.15) is 0 Å². The van der Waals surface area contributed by atoms with E-state index in [1.807, 2.05) is 0 Å². The smallest absolute Gasteiger partial charge is 0.399 e. The number of carbonyl (C=O) groups excluding carboxylic acids is 2. The van der Waals surface area contributed by atoms with Crippen LogP contribution in [0.25, 0.3) is 0 Å². The van der Waals surface area contributed by atoms with Gasteiger partial charge in [-0.1, -0.05) is 29.3 Å². The van der Waals surface area contributed by atoms with Crippen LogP contribution >= 0.6 is 23.2 Å². The van der Waals surface area contributed by atoms with Gasteiger partial charge in [0.25, 0.3) is 5.69 Å². The van der Waals surface area contributed by atoms with Crippen LogP contribution in [0, 0.1) is 10.1 Å². The van der Waals surface area contributed by atoms with Crippen molar-refractivity contribution in [3.05, 3.63) is 68.2 Å². The second kappa shape index (κ2) is 8.42. The molecule has 0 aliphatic heterocycles. The molecule has 1 amide bonds. The molecule has 1 atom stereocenters. The van der Waals surface area contributed by atoms with Gasteiger partial charge < -0.3 is 9.90 Å². The van der Waals surface area contributed by atoms with E-state index in [0.29, 0.717) is 0 Å². The van der Waals surface area contributed by atoms with E-state index >= 15 is 0 Å². The third-order valence-corrected chi connectivity index (χ3v) is 7.42. The SMILES string of the molecule is CC(C)(C)[N+](OC(=O)c1ccc([N+](=O)[O-])cc1)(C(=O)[O-])S(=O)(=O)c1c(Cl)cccc1Cl. The molecule has 0 aliphatic rings. The summed E-state index contributed by atoms with van der Waals surface area (Å²) < 4.78 is 24.7. The number of amides is 1. The van der Waals surface area contributed by atoms with Crippen LogP contribution in [-0.4, -0.2) is 35.0 Å². The van der Waals surface area contributed by atoms with Crippen molar-refractivity contribution >= 4 is 51.0 Å². The maximum absolute atomic E-state index is 13.5. The van der Waals surface area contributed by atoms with Gasteiger partial charge in [-0.2, -0.15) is 8.42 Å². The number of carbonyl (C=O) groups is 2. The average Bonchev–Trinajstić information content (AvgIpc) is 2.64. The van der Waals surface area contributed by atoms with Crippen LogP contribution in [0.2, 0.25) is 10.0 Å². The number of carboxylic acid groups (broad SMARTS) is 1. The van der Waals surface area contributed by atoms with E-state index in [-0.39, 0.29) is 11.3 Å². The number of hydrogen-bond acceptors (Lipinski definition) is 8. The summed E-state index contributed by atoms with van der Waals surface area (Å²) in [6, 6.07) is 7.61. The number of non-ortho nitro benzene ring substituents is 1. The first kappa shape index (κ1) is 24.5. The number of nitro benzene ring substituents is 1. The highest BCUT2D eigenvalue weighted by Gasteiger charge is 2.61. The lowest BCUT2D eigenvalue weighted by Gasteiger charge is -2.41. The highest BCUT2D eigenvalue weighted by atomic mass is 35.5. The number of quaternary nitrogens is 1. The van der Waals surface area contributed by atoms with E-state index in [1.54, 1.807) is 0 Å². The van der Waals surface area contributed by atoms with Gasteiger partial charge >= 0.3 is 22.1 Å². The monoisotopic (exact) mass is 490 g/mol. The van der Waals surface area contributed by atoms with Crippen molar-refractivity contribution in [1.29, 1.82) is 0 Å². The normalized spacial score (nSPS) is 13.8. The van der Waals surface area contributed by atoms with E-state index < -0.39 is 51.5 Å². The Labute approximate surface area is 187 Å². The van der Waals surface area contributed by atoms with Gasteiger partial charge in [0.15, 0.2) is 10.4 Å². The molecule has 10 nitrogen and oxygen atoms in total. The Morgan fingerprint density at radius 1 is 1.03 bits per heavy atom. The van der Waals surface area contributed by atoms with Crippen LogP contribution in [0.15, 0.2) is 47.4 Å². The number of hydroxylamine groups is 2. The minimum Gasteiger partial charge on any atom is -0.494 e. The lowest BCUT2D eigenvalue weighted by atomic mass is 10.1. The molecule has 166 valence electrons. The van der Waals surface area contributed by atoms with Gasteiger partial charge in [-0.15, -0.1) is 0 Å². The molecule has 1 unspecified atom stereocenters. The Morgan fingerprint density at radius 2 is 1.52 bits per heavy atom. The molecular weight excluding hydrogens is 475 g/mol. The molecule has 0 fully saturated rings. The summed E-state index contributed by atoms with van der Waals surface area (Å²) >= 11 is 12.0. The molecule has 31 heavy (non-hydrogen) atoms. The minimum absolute atomic E-state index is 0.334. The van der Waals surface area contributed by atoms with Gasteiger partial charge in [0.2, 0.25) is 0 Å². The molecule has 2 aromatic rings. The fourth-order valence-corrected chi connectivity index (χ4v) is 5.65. The fourth-order valence-electron chi connectivity index (χ4n) is 2.70. The summed E-state index contributed by atoms with van der Waals surface area (Å²) in [4.78, 5) is 39.3. The summed E-state index contributed by atoms with van der Waals surface area (Å²) in [6.07, 6.45) is -2.28. The standard InChI is InChI=1S/C18H16Cl2N2O8S/c1-18(2,3)22(17(24)25,31(28,29)15-13(19)5-4-6-14(15)20)30-16(23)11-7-9-12(10-8-11)21(26)27/h4-10H,1-3H3. The van der Waals surface area contributed by atoms with Crippen LogP contribution in [-0.2, 0) is 14.9 Å². The summed E-state index contributed by atoms with van der Waals surface area (Å²) in [5, 5.41) is 22.2. The first-order valence-electron chi connectivity index (χ1n) is 8.45. The molecule has 0 N–H and O–H groups in total. The maximum Gasteiger partial charge on any atom is 0.399 e. The molecule has 0 saturated heterocycles. The van der Waals surface area contributed by atoms with Gasteiger partial charge in [0.05, 0.1) is 20.5 Å². The Kier molecular flexibility index (Phi) is 6.67. The number of hydrogen-bond donors (Lipinski definition) is 0. The van der Waals surface area contributed by atoms with Crippen molar-refractivity contribution in [2.75, 3.05) is 0 Å². The molecular formula is C18H16Cl2N2O8S. The molecule has 0 bridgehead atoms. The predicted octanol–water partition coefficient (Wildman–Crippen LogP) is 3.32. The molecule has 13 heteroatoms. The largest absolute Gasteiger partial charge is 0.494 e. The van der Waals surface area contributed by atoms with Crippen molar-refractivity contribution < 1.29 is 36.9 Å². The van der Waals surface area contributed by atoms with Gasteiger partial charge in [-0.25, -0.2) is 9.63 Å². The zero-order valence-corrected chi connectivity index (χ0v) is 18.7. The summed E-state index contributed by atoms with van der Waals surface area (Å²) in [6.45, 7) is 3.57. The second-order valence-corrected chi connectivity index (χ2v) is 9.88. The summed E-state index contributed by atoms with van der Waals surface area (Å²) in [7, 11) is -5.15. The van der Waals surface area contributed by atoms with Crippen LogP contribution in [0.1, 0.15) is 31.1 Å². The third-order valence-electron chi connectivity index (χ3n) is 4.16. The topological polar surface area (TPSA) is 144 Å². The maximum atomic E-state index is 13.5. The number of rotatable bonds is 4. The highest BCUT2D eigenvalue weighted by molar-refractivity contribution is 7.86. The molecule has 0 saturated carbocycles. The van der Waals surface area contributed by atoms with Crippen molar-refractivity contribution in [3.63, 3.8) is 0 Å². The third kappa shape index (κ3) is 4.22. The lowest BCUT2D eigenvalue weighted by Crippen LogP contribution is -2.70. The van der Waals surface area contributed by atoms with E-state index in [0.717, 1.165) is 24.3 Å². The molecule has 0 aromatic heterocycles. The first-order valence-corrected chi connectivity index (χ1v) is 10.6. The number of nitrogens with zero attached hydrogens (tertiary/aromatic N) is 2. The molecule has 0 spiro atoms. The van der Waals surface area contributed by atoms with Crippen molar-refractivity contribution in [2.45, 2.75) is 31.2 Å². The molecule has 0 heterocycles. The van der Waals surface area contributed by atoms with Crippen LogP contribution in [0.5, 0.6) is 0 Å². The summed E-state index contributed by atoms with van der Waals surface area (Å²) in [5.74, 6) is -1.39. The molecule has 2 aromatic carbocycles. The minimum atomic E-state index is -5.15. The number of sulfonamides is 1. The van der Waals surface area contributed by atoms with Crippen molar-refractivity contribution in [3.8, 4) is 0 Å². The van der Waals surface area contributed by atoms with E-state index in [4.69, 9.17) is 28.0 Å². The van der Waals surface area contributed by atoms with Crippen LogP contribution < -0.4 is 5.11 Å². The average molecular weight is 491 g/mol. The van der Waals surface area contributed by atoms with Crippen LogP contribution in [0.3, 0.4) is 0 Å². The van der Waals surface area contributed by atoms with E-state index in [2.05, 4.69) is 0 Å². The fraction of sp³-hybridized carbons (Fsp3) is 0.222. The number of halogens is 2. The van der Waals surface area contributed by atoms with E-state index in [1.165, 1.54) is 39.0 Å². The van der Waals surface area contributed by atoms with Gasteiger partial charge in [-0.05, 0) is 45.0 Å². The molecule has 2 rings (SSSR count). The van der Waals surface area contributed by atoms with Gasteiger partial charge in [-0.3, -0.25) is 10.1 Å². The van der Waals surface area contributed by atoms with Crippen molar-refractivity contribution in [2.24, 2.45) is 0 Å². The van der Waals surface area contributed by atoms with Gasteiger partial charge in [0, 0.05) is 16.2 Å². The molecule has 0 aliphatic carbocycles. The van der Waals surface area contributed by atoms with Crippen LogP contribution in [0.4, 0.5) is 10.5 Å². The zero-order valence-electron chi connectivity index (χ0n) is 16.4. The van der Waals surface area contributed by atoms with Crippen molar-refractivity contribution in [1.82, 2.24) is 0 Å². The predicted molar refractivity (Wildman–Crippen MR) is 108 cm³/mol. The lowest BCUT2D eigenvalue weighted by molar-refractivity contribution is -0.975. The Bertz CT molecular complexity index is 1140. The molecule has 0 radical (unpaired) electrons. The first-order chi connectivity index (χ1) is 14.2. The number of benzene rings is 2. The highest BCUT2D eigenvalue weighted by Crippen LogP contribution is 2.41. The second-order valence-electron chi connectivity index (χ2n) is 7.20. The number of nitro groups is 1.